The van der Waals surface area contributed by atoms with Crippen LogP contribution < -0.4 is 0 Å². The van der Waals surface area contributed by atoms with Crippen LogP contribution in [0.25, 0.3) is 0 Å². The maximum Gasteiger partial charge on any atom is 0.333 e. The fraction of sp³-hybridized carbons (Fsp3) is 0.400. The first kappa shape index (κ1) is 12.4. The highest BCUT2D eigenvalue weighted by molar-refractivity contribution is 5.83. The molecule has 0 saturated heterocycles. The van der Waals surface area contributed by atoms with Crippen molar-refractivity contribution in [3.63, 3.8) is 0 Å². The molecule has 0 unspecified atom stereocenters. The van der Waals surface area contributed by atoms with Crippen molar-refractivity contribution >= 4 is 11.9 Å². The summed E-state index contributed by atoms with van der Waals surface area (Å²) in [7, 11) is 0. The Morgan fingerprint density at radius 2 is 1.43 bits per heavy atom. The van der Waals surface area contributed by atoms with E-state index in [-0.39, 0.29) is 5.92 Å². The van der Waals surface area contributed by atoms with E-state index in [4.69, 9.17) is 9.47 Å². The molecule has 0 atom stereocenters. The second-order valence-corrected chi connectivity index (χ2v) is 2.89. The van der Waals surface area contributed by atoms with Gasteiger partial charge in [0.2, 0.25) is 6.29 Å². The third-order valence-electron chi connectivity index (χ3n) is 1.34. The second kappa shape index (κ2) is 5.96. The first-order chi connectivity index (χ1) is 6.51. The molecule has 0 heterocycles. The summed E-state index contributed by atoms with van der Waals surface area (Å²) in [5, 5.41) is 0. The Morgan fingerprint density at radius 3 is 1.64 bits per heavy atom. The quantitative estimate of drug-likeness (QED) is 0.381. The van der Waals surface area contributed by atoms with Gasteiger partial charge in [0.15, 0.2) is 0 Å². The molecule has 0 aromatic carbocycles. The van der Waals surface area contributed by atoms with E-state index in [0.717, 1.165) is 12.2 Å². The van der Waals surface area contributed by atoms with E-state index in [1.165, 1.54) is 0 Å². The van der Waals surface area contributed by atoms with Crippen molar-refractivity contribution in [3.05, 3.63) is 25.3 Å². The molecule has 0 aliphatic rings. The van der Waals surface area contributed by atoms with Crippen LogP contribution in [0.4, 0.5) is 0 Å². The van der Waals surface area contributed by atoms with E-state index in [1.54, 1.807) is 13.8 Å². The predicted molar refractivity (Wildman–Crippen MR) is 51.2 cm³/mol. The Kier molecular flexibility index (Phi) is 5.29. The predicted octanol–water partition coefficient (Wildman–Crippen LogP) is 1.43. The van der Waals surface area contributed by atoms with Gasteiger partial charge in [-0.25, -0.2) is 9.59 Å². The van der Waals surface area contributed by atoms with Crippen LogP contribution in [0.3, 0.4) is 0 Å². The van der Waals surface area contributed by atoms with Gasteiger partial charge in [-0.3, -0.25) is 0 Å². The Bertz CT molecular complexity index is 221. The van der Waals surface area contributed by atoms with E-state index in [2.05, 4.69) is 13.2 Å². The Morgan fingerprint density at radius 1 is 1.07 bits per heavy atom. The van der Waals surface area contributed by atoms with Crippen molar-refractivity contribution in [2.75, 3.05) is 0 Å². The molecular formula is C10H14O4. The van der Waals surface area contributed by atoms with Gasteiger partial charge in [0.25, 0.3) is 0 Å². The van der Waals surface area contributed by atoms with Crippen LogP contribution in [0.1, 0.15) is 13.8 Å². The van der Waals surface area contributed by atoms with Crippen molar-refractivity contribution < 1.29 is 19.1 Å². The molecule has 0 aromatic heterocycles. The Balaban J connectivity index is 4.29. The molecule has 0 spiro atoms. The normalized spacial score (nSPS) is 9.71. The van der Waals surface area contributed by atoms with E-state index >= 15 is 0 Å². The fourth-order valence-corrected chi connectivity index (χ4v) is 0.621. The highest BCUT2D eigenvalue weighted by atomic mass is 16.7. The van der Waals surface area contributed by atoms with Crippen LogP contribution in [-0.2, 0) is 19.1 Å². The lowest BCUT2D eigenvalue weighted by atomic mass is 10.2. The summed E-state index contributed by atoms with van der Waals surface area (Å²) in [4.78, 5) is 21.7. The molecule has 0 aromatic rings. The number of carbonyl (C=O) groups excluding carboxylic acids is 2. The van der Waals surface area contributed by atoms with Gasteiger partial charge in [0.05, 0.1) is 0 Å². The van der Waals surface area contributed by atoms with Crippen molar-refractivity contribution in [1.82, 2.24) is 0 Å². The third-order valence-corrected chi connectivity index (χ3v) is 1.34. The molecule has 0 aliphatic heterocycles. The summed E-state index contributed by atoms with van der Waals surface area (Å²) in [6, 6.07) is 0. The molecule has 14 heavy (non-hydrogen) atoms. The van der Waals surface area contributed by atoms with Crippen molar-refractivity contribution in [2.24, 2.45) is 5.92 Å². The number of hydrogen-bond donors (Lipinski definition) is 0. The number of carbonyl (C=O) groups is 2. The molecule has 0 radical (unpaired) electrons. The lowest BCUT2D eigenvalue weighted by molar-refractivity contribution is -0.188. The largest absolute Gasteiger partial charge is 0.422 e. The average Bonchev–Trinajstić information content (AvgIpc) is 2.16. The zero-order valence-corrected chi connectivity index (χ0v) is 8.36. The highest BCUT2D eigenvalue weighted by Crippen LogP contribution is 2.09. The van der Waals surface area contributed by atoms with Crippen LogP contribution in [0.15, 0.2) is 25.3 Å². The van der Waals surface area contributed by atoms with Crippen LogP contribution in [0.5, 0.6) is 0 Å². The van der Waals surface area contributed by atoms with Crippen LogP contribution >= 0.6 is 0 Å². The van der Waals surface area contributed by atoms with Gasteiger partial charge in [-0.15, -0.1) is 0 Å². The summed E-state index contributed by atoms with van der Waals surface area (Å²) >= 11 is 0. The van der Waals surface area contributed by atoms with Crippen molar-refractivity contribution in [1.29, 1.82) is 0 Å². The minimum atomic E-state index is -0.897. The lowest BCUT2D eigenvalue weighted by Crippen LogP contribution is -2.28. The van der Waals surface area contributed by atoms with Crippen LogP contribution in [0, 0.1) is 5.92 Å². The van der Waals surface area contributed by atoms with E-state index in [0.29, 0.717) is 0 Å². The zero-order chi connectivity index (χ0) is 11.1. The standard InChI is InChI=1S/C10H14O4/c1-5-8(11)13-10(7(3)4)14-9(12)6-2/h5-7,10H,1-2H2,3-4H3. The highest BCUT2D eigenvalue weighted by Gasteiger charge is 2.20. The summed E-state index contributed by atoms with van der Waals surface area (Å²) < 4.78 is 9.57. The molecule has 0 saturated carbocycles. The maximum absolute atomic E-state index is 10.8. The van der Waals surface area contributed by atoms with Gasteiger partial charge < -0.3 is 9.47 Å². The minimum absolute atomic E-state index is 0.122. The van der Waals surface area contributed by atoms with E-state index in [9.17, 15) is 9.59 Å². The minimum Gasteiger partial charge on any atom is -0.422 e. The van der Waals surface area contributed by atoms with Crippen LogP contribution in [-0.4, -0.2) is 18.2 Å². The number of hydrogen-bond acceptors (Lipinski definition) is 4. The van der Waals surface area contributed by atoms with Gasteiger partial charge in [0.1, 0.15) is 0 Å². The molecule has 0 rings (SSSR count). The van der Waals surface area contributed by atoms with E-state index < -0.39 is 18.2 Å². The van der Waals surface area contributed by atoms with E-state index in [1.807, 2.05) is 0 Å². The molecule has 0 N–H and O–H groups in total. The van der Waals surface area contributed by atoms with Crippen LogP contribution in [0.2, 0.25) is 0 Å². The summed E-state index contributed by atoms with van der Waals surface area (Å²) in [5.41, 5.74) is 0. The summed E-state index contributed by atoms with van der Waals surface area (Å²) in [6.45, 7) is 10.00. The molecule has 4 heteroatoms. The maximum atomic E-state index is 10.8. The SMILES string of the molecule is C=CC(=O)OC(OC(=O)C=C)C(C)C. The monoisotopic (exact) mass is 198 g/mol. The van der Waals surface area contributed by atoms with Gasteiger partial charge >= 0.3 is 11.9 Å². The lowest BCUT2D eigenvalue weighted by Gasteiger charge is -2.19. The third kappa shape index (κ3) is 4.45. The smallest absolute Gasteiger partial charge is 0.333 e. The summed E-state index contributed by atoms with van der Waals surface area (Å²) in [6.07, 6.45) is 1.12. The van der Waals surface area contributed by atoms with Crippen molar-refractivity contribution in [2.45, 2.75) is 20.1 Å². The Labute approximate surface area is 83.2 Å². The molecule has 0 amide bonds. The first-order valence-electron chi connectivity index (χ1n) is 4.17. The summed E-state index contributed by atoms with van der Waals surface area (Å²) in [5.74, 6) is -1.37. The number of rotatable bonds is 5. The molecule has 4 nitrogen and oxygen atoms in total. The second-order valence-electron chi connectivity index (χ2n) is 2.89. The first-order valence-corrected chi connectivity index (χ1v) is 4.17. The van der Waals surface area contributed by atoms with Gasteiger partial charge in [0, 0.05) is 18.1 Å². The molecular weight excluding hydrogens is 184 g/mol. The van der Waals surface area contributed by atoms with Crippen molar-refractivity contribution in [3.8, 4) is 0 Å². The number of ether oxygens (including phenoxy) is 2. The topological polar surface area (TPSA) is 52.6 Å². The molecule has 0 aliphatic carbocycles. The van der Waals surface area contributed by atoms with Gasteiger partial charge in [-0.05, 0) is 0 Å². The molecule has 0 bridgehead atoms. The fourth-order valence-electron chi connectivity index (χ4n) is 0.621. The zero-order valence-electron chi connectivity index (χ0n) is 8.36. The molecule has 78 valence electrons. The molecule has 0 fully saturated rings. The number of esters is 2. The Hall–Kier alpha value is -1.58. The average molecular weight is 198 g/mol. The van der Waals surface area contributed by atoms with Gasteiger partial charge in [-0.2, -0.15) is 0 Å². The van der Waals surface area contributed by atoms with Gasteiger partial charge in [-0.1, -0.05) is 27.0 Å².